The van der Waals surface area contributed by atoms with Crippen molar-refractivity contribution in [3.8, 4) is 11.4 Å². The number of ether oxygens (including phenoxy) is 2. The predicted octanol–water partition coefficient (Wildman–Crippen LogP) is 4.27. The van der Waals surface area contributed by atoms with Crippen molar-refractivity contribution in [3.63, 3.8) is 0 Å². The number of hydrogen-bond donors (Lipinski definition) is 3. The molecule has 1 saturated carbocycles. The van der Waals surface area contributed by atoms with Crippen LogP contribution in [0.25, 0.3) is 27.5 Å². The van der Waals surface area contributed by atoms with Gasteiger partial charge in [0.05, 0.1) is 30.9 Å². The minimum absolute atomic E-state index is 0.102. The van der Waals surface area contributed by atoms with Gasteiger partial charge in [-0.05, 0) is 48.6 Å². The number of rotatable bonds is 7. The molecule has 2 aromatic heterocycles. The van der Waals surface area contributed by atoms with Crippen molar-refractivity contribution in [3.05, 3.63) is 53.6 Å². The molecule has 0 saturated heterocycles. The molecule has 8 nitrogen and oxygen atoms in total. The zero-order valence-electron chi connectivity index (χ0n) is 20.1. The highest BCUT2D eigenvalue weighted by Crippen LogP contribution is 2.52. The molecular weight excluding hydrogens is 453 g/mol. The fraction of sp³-hybridized carbons (Fsp3) is 0.385. The Bertz CT molecular complexity index is 1450. The Kier molecular flexibility index (Phi) is 5.37. The van der Waals surface area contributed by atoms with E-state index in [0.29, 0.717) is 12.3 Å². The maximum absolute atomic E-state index is 14.3. The fourth-order valence-corrected chi connectivity index (χ4v) is 5.45. The third-order valence-electron chi connectivity index (χ3n) is 7.08. The molecule has 4 aromatic rings. The van der Waals surface area contributed by atoms with Crippen molar-refractivity contribution in [1.82, 2.24) is 14.8 Å². The number of aliphatic carboxylic acids is 1. The zero-order chi connectivity index (χ0) is 25.1. The minimum Gasteiger partial charge on any atom is -0.494 e. The van der Waals surface area contributed by atoms with Gasteiger partial charge in [-0.2, -0.15) is 5.10 Å². The first kappa shape index (κ1) is 23.3. The van der Waals surface area contributed by atoms with Crippen LogP contribution < -0.4 is 4.74 Å². The lowest BCUT2D eigenvalue weighted by molar-refractivity contribution is -0.169. The average molecular weight is 482 g/mol. The van der Waals surface area contributed by atoms with Gasteiger partial charge in [0.15, 0.2) is 17.2 Å². The number of nitrogens with one attached hydrogen (secondary N) is 1. The number of hydrogen-bond acceptors (Lipinski definition) is 5. The van der Waals surface area contributed by atoms with E-state index < -0.39 is 22.8 Å². The van der Waals surface area contributed by atoms with E-state index in [-0.39, 0.29) is 24.5 Å². The van der Waals surface area contributed by atoms with Crippen molar-refractivity contribution in [2.24, 2.45) is 0 Å². The van der Waals surface area contributed by atoms with Gasteiger partial charge >= 0.3 is 5.97 Å². The normalized spacial score (nSPS) is 20.3. The smallest absolute Gasteiger partial charge is 0.335 e. The van der Waals surface area contributed by atoms with Crippen LogP contribution in [0.2, 0.25) is 0 Å². The second-order valence-corrected chi connectivity index (χ2v) is 10.0. The molecule has 35 heavy (non-hydrogen) atoms. The van der Waals surface area contributed by atoms with E-state index in [2.05, 4.69) is 28.6 Å². The van der Waals surface area contributed by atoms with Crippen molar-refractivity contribution >= 4 is 27.8 Å². The number of methoxy groups -OCH3 is 2. The number of nitrogens with zero attached hydrogens (tertiary/aromatic N) is 2. The molecule has 3 N–H and O–H groups in total. The largest absolute Gasteiger partial charge is 0.494 e. The first-order chi connectivity index (χ1) is 16.6. The van der Waals surface area contributed by atoms with E-state index in [1.807, 2.05) is 12.1 Å². The second-order valence-electron chi connectivity index (χ2n) is 10.0. The molecule has 1 aliphatic rings. The standard InChI is InChI=1S/C26H28FN3O5/c1-25(2,13-34-3)23-22(15-10-26(33,11-15)24(31)32)17-9-19-14(12-28-29-19)7-20(17)30(23)16-5-6-18(27)21(8-16)35-4/h5-9,12,15,33H,10-11,13H2,1-4H3,(H,28,29)(H,31,32)/t15-,26+. The van der Waals surface area contributed by atoms with Gasteiger partial charge in [0.25, 0.3) is 0 Å². The molecule has 5 rings (SSSR count). The maximum Gasteiger partial charge on any atom is 0.335 e. The van der Waals surface area contributed by atoms with Gasteiger partial charge < -0.3 is 24.3 Å². The van der Waals surface area contributed by atoms with E-state index in [9.17, 15) is 19.4 Å². The first-order valence-corrected chi connectivity index (χ1v) is 11.4. The number of aromatic nitrogens is 3. The summed E-state index contributed by atoms with van der Waals surface area (Å²) < 4.78 is 27.2. The highest BCUT2D eigenvalue weighted by Gasteiger charge is 2.51. The van der Waals surface area contributed by atoms with E-state index in [1.54, 1.807) is 25.4 Å². The number of aliphatic hydroxyl groups is 1. The van der Waals surface area contributed by atoms with Crippen LogP contribution in [0.1, 0.15) is 43.9 Å². The van der Waals surface area contributed by atoms with Crippen molar-refractivity contribution in [2.45, 2.75) is 43.6 Å². The van der Waals surface area contributed by atoms with E-state index in [0.717, 1.165) is 33.1 Å². The van der Waals surface area contributed by atoms with Crippen LogP contribution in [0.15, 0.2) is 36.5 Å². The highest BCUT2D eigenvalue weighted by molar-refractivity contribution is 5.99. The van der Waals surface area contributed by atoms with Gasteiger partial charge in [0.2, 0.25) is 0 Å². The Hall–Kier alpha value is -3.43. The zero-order valence-corrected chi connectivity index (χ0v) is 20.1. The Morgan fingerprint density at radius 1 is 1.29 bits per heavy atom. The SMILES string of the molecule is COCC(C)(C)c1c([C@H]2C[C@](O)(C(=O)O)C2)c2cc3[nH]ncc3cc2n1-c1ccc(F)c(OC)c1. The van der Waals surface area contributed by atoms with Gasteiger partial charge in [0, 0.05) is 40.7 Å². The Morgan fingerprint density at radius 3 is 2.69 bits per heavy atom. The van der Waals surface area contributed by atoms with E-state index in [4.69, 9.17) is 9.47 Å². The lowest BCUT2D eigenvalue weighted by Gasteiger charge is -2.42. The number of carboxylic acid groups (broad SMARTS) is 1. The van der Waals surface area contributed by atoms with Gasteiger partial charge in [-0.15, -0.1) is 0 Å². The lowest BCUT2D eigenvalue weighted by atomic mass is 9.66. The summed E-state index contributed by atoms with van der Waals surface area (Å²) >= 11 is 0. The van der Waals surface area contributed by atoms with Crippen molar-refractivity contribution in [2.75, 3.05) is 20.8 Å². The number of halogens is 1. The van der Waals surface area contributed by atoms with Crippen LogP contribution in [0.5, 0.6) is 5.75 Å². The van der Waals surface area contributed by atoms with Crippen LogP contribution in [0.3, 0.4) is 0 Å². The molecule has 9 heteroatoms. The number of aromatic amines is 1. The Labute approximate surface area is 201 Å². The average Bonchev–Trinajstić information content (AvgIpc) is 3.37. The number of carboxylic acids is 1. The molecule has 184 valence electrons. The van der Waals surface area contributed by atoms with Gasteiger partial charge in [-0.1, -0.05) is 13.8 Å². The van der Waals surface area contributed by atoms with Crippen molar-refractivity contribution in [1.29, 1.82) is 0 Å². The van der Waals surface area contributed by atoms with Crippen LogP contribution in [-0.4, -0.2) is 57.4 Å². The molecule has 2 heterocycles. The van der Waals surface area contributed by atoms with Crippen LogP contribution in [0.4, 0.5) is 4.39 Å². The van der Waals surface area contributed by atoms with Crippen LogP contribution >= 0.6 is 0 Å². The summed E-state index contributed by atoms with van der Waals surface area (Å²) in [5, 5.41) is 29.1. The lowest BCUT2D eigenvalue weighted by Crippen LogP contribution is -2.49. The molecular formula is C26H28FN3O5. The molecule has 1 aliphatic carbocycles. The van der Waals surface area contributed by atoms with Crippen LogP contribution in [-0.2, 0) is 14.9 Å². The maximum atomic E-state index is 14.3. The molecule has 0 amide bonds. The topological polar surface area (TPSA) is 110 Å². The molecule has 2 aromatic carbocycles. The Morgan fingerprint density at radius 2 is 2.03 bits per heavy atom. The molecule has 0 aliphatic heterocycles. The summed E-state index contributed by atoms with van der Waals surface area (Å²) in [7, 11) is 3.06. The quantitative estimate of drug-likeness (QED) is 0.364. The molecule has 0 unspecified atom stereocenters. The molecule has 0 atom stereocenters. The summed E-state index contributed by atoms with van der Waals surface area (Å²) in [4.78, 5) is 11.7. The van der Waals surface area contributed by atoms with Gasteiger partial charge in [-0.25, -0.2) is 9.18 Å². The summed E-state index contributed by atoms with van der Waals surface area (Å²) in [5.74, 6) is -1.74. The minimum atomic E-state index is -1.75. The highest BCUT2D eigenvalue weighted by atomic mass is 19.1. The number of fused-ring (bicyclic) bond motifs is 2. The Balaban J connectivity index is 1.86. The molecule has 0 bridgehead atoms. The summed E-state index contributed by atoms with van der Waals surface area (Å²) in [5.41, 5.74) is 2.03. The number of benzene rings is 2. The summed E-state index contributed by atoms with van der Waals surface area (Å²) in [6.07, 6.45) is 1.94. The molecule has 0 radical (unpaired) electrons. The number of H-pyrrole nitrogens is 1. The van der Waals surface area contributed by atoms with Crippen molar-refractivity contribution < 1.29 is 28.9 Å². The fourth-order valence-electron chi connectivity index (χ4n) is 5.45. The van der Waals surface area contributed by atoms with Crippen LogP contribution in [0, 0.1) is 5.82 Å². The summed E-state index contributed by atoms with van der Waals surface area (Å²) in [6, 6.07) is 8.74. The third kappa shape index (κ3) is 3.57. The first-order valence-electron chi connectivity index (χ1n) is 11.4. The second kappa shape index (κ2) is 8.07. The monoisotopic (exact) mass is 481 g/mol. The van der Waals surface area contributed by atoms with Gasteiger partial charge in [0.1, 0.15) is 0 Å². The molecule has 0 spiro atoms. The van der Waals surface area contributed by atoms with E-state index in [1.165, 1.54) is 13.2 Å². The number of carbonyl (C=O) groups is 1. The predicted molar refractivity (Wildman–Crippen MR) is 129 cm³/mol. The third-order valence-corrected chi connectivity index (χ3v) is 7.08. The summed E-state index contributed by atoms with van der Waals surface area (Å²) in [6.45, 7) is 4.51. The van der Waals surface area contributed by atoms with E-state index >= 15 is 0 Å². The van der Waals surface area contributed by atoms with Gasteiger partial charge in [-0.3, -0.25) is 5.10 Å². The molecule has 1 fully saturated rings.